The van der Waals surface area contributed by atoms with E-state index >= 15 is 0 Å². The molecule has 0 bridgehead atoms. The van der Waals surface area contributed by atoms with Crippen molar-refractivity contribution < 1.29 is 17.6 Å². The summed E-state index contributed by atoms with van der Waals surface area (Å²) in [5.41, 5.74) is 0.755. The molecule has 2 rings (SSSR count). The van der Waals surface area contributed by atoms with Crippen LogP contribution in [-0.2, 0) is 10.0 Å². The van der Waals surface area contributed by atoms with E-state index in [0.29, 0.717) is 24.3 Å². The van der Waals surface area contributed by atoms with E-state index in [1.165, 1.54) is 48.5 Å². The predicted octanol–water partition coefficient (Wildman–Crippen LogP) is 1.92. The van der Waals surface area contributed by atoms with Crippen LogP contribution in [0.3, 0.4) is 0 Å². The first-order chi connectivity index (χ1) is 11.8. The quantitative estimate of drug-likeness (QED) is 0.786. The zero-order chi connectivity index (χ0) is 18.4. The number of rotatable bonds is 7. The molecule has 2 N–H and O–H groups in total. The van der Waals surface area contributed by atoms with Crippen molar-refractivity contribution in [1.82, 2.24) is 9.62 Å². The van der Waals surface area contributed by atoms with Crippen LogP contribution >= 0.6 is 0 Å². The summed E-state index contributed by atoms with van der Waals surface area (Å²) in [6.07, 6.45) is 0. The van der Waals surface area contributed by atoms with Crippen LogP contribution in [-0.4, -0.2) is 46.4 Å². The number of sulfonamides is 1. The molecule has 2 aromatic rings. The van der Waals surface area contributed by atoms with Crippen LogP contribution in [0.5, 0.6) is 0 Å². The summed E-state index contributed by atoms with van der Waals surface area (Å²) < 4.78 is 39.7. The first-order valence-corrected chi connectivity index (χ1v) is 9.07. The Morgan fingerprint density at radius 2 is 1.64 bits per heavy atom. The van der Waals surface area contributed by atoms with Crippen molar-refractivity contribution >= 4 is 21.6 Å². The fraction of sp³-hybridized carbons (Fsp3) is 0.235. The normalized spacial score (nSPS) is 11.5. The Morgan fingerprint density at radius 1 is 1.04 bits per heavy atom. The molecule has 0 spiro atoms. The number of nitrogens with one attached hydrogen (secondary N) is 2. The molecule has 0 saturated carbocycles. The largest absolute Gasteiger partial charge is 0.322 e. The number of anilines is 1. The van der Waals surface area contributed by atoms with E-state index in [-0.39, 0.29) is 4.90 Å². The van der Waals surface area contributed by atoms with E-state index in [1.807, 2.05) is 19.0 Å². The second kappa shape index (κ2) is 8.19. The Kier molecular flexibility index (Phi) is 6.24. The zero-order valence-corrected chi connectivity index (χ0v) is 14.8. The average molecular weight is 365 g/mol. The van der Waals surface area contributed by atoms with Gasteiger partial charge in [-0.25, -0.2) is 17.5 Å². The molecular weight excluding hydrogens is 345 g/mol. The third-order valence-electron chi connectivity index (χ3n) is 3.38. The Hall–Kier alpha value is -2.29. The lowest BCUT2D eigenvalue weighted by atomic mass is 10.2. The van der Waals surface area contributed by atoms with Crippen LogP contribution in [0.25, 0.3) is 0 Å². The van der Waals surface area contributed by atoms with E-state index in [4.69, 9.17) is 0 Å². The van der Waals surface area contributed by atoms with E-state index < -0.39 is 21.7 Å². The zero-order valence-electron chi connectivity index (χ0n) is 14.0. The highest BCUT2D eigenvalue weighted by Crippen LogP contribution is 2.13. The van der Waals surface area contributed by atoms with E-state index in [2.05, 4.69) is 10.0 Å². The van der Waals surface area contributed by atoms with Gasteiger partial charge in [0.15, 0.2) is 0 Å². The highest BCUT2D eigenvalue weighted by molar-refractivity contribution is 7.89. The summed E-state index contributed by atoms with van der Waals surface area (Å²) >= 11 is 0. The maximum absolute atomic E-state index is 12.9. The first kappa shape index (κ1) is 19.0. The molecular formula is C17H20FN3O3S. The Labute approximate surface area is 146 Å². The monoisotopic (exact) mass is 365 g/mol. The number of benzene rings is 2. The number of halogens is 1. The van der Waals surface area contributed by atoms with Gasteiger partial charge in [-0.3, -0.25) is 4.79 Å². The van der Waals surface area contributed by atoms with Crippen molar-refractivity contribution in [3.63, 3.8) is 0 Å². The number of hydrogen-bond donors (Lipinski definition) is 2. The van der Waals surface area contributed by atoms with Crippen molar-refractivity contribution in [2.45, 2.75) is 4.90 Å². The Bertz CT molecular complexity index is 819. The van der Waals surface area contributed by atoms with Crippen LogP contribution in [0.4, 0.5) is 10.1 Å². The predicted molar refractivity (Wildman–Crippen MR) is 94.5 cm³/mol. The number of carbonyl (C=O) groups excluding carboxylic acids is 1. The van der Waals surface area contributed by atoms with Gasteiger partial charge >= 0.3 is 0 Å². The maximum atomic E-state index is 12.9. The second-order valence-corrected chi connectivity index (χ2v) is 7.45. The molecule has 0 aliphatic heterocycles. The lowest BCUT2D eigenvalue weighted by Gasteiger charge is -2.11. The summed E-state index contributed by atoms with van der Waals surface area (Å²) in [7, 11) is 0.0880. The number of likely N-dealkylation sites (N-methyl/N-ethyl adjacent to an activating group) is 1. The molecule has 0 saturated heterocycles. The average Bonchev–Trinajstić information content (AvgIpc) is 2.56. The summed E-state index contributed by atoms with van der Waals surface area (Å²) in [6, 6.07) is 11.0. The molecule has 2 aromatic carbocycles. The van der Waals surface area contributed by atoms with Crippen molar-refractivity contribution in [3.05, 3.63) is 59.9 Å². The number of hydrogen-bond acceptors (Lipinski definition) is 4. The van der Waals surface area contributed by atoms with Crippen molar-refractivity contribution in [2.75, 3.05) is 32.5 Å². The van der Waals surface area contributed by atoms with Crippen molar-refractivity contribution in [1.29, 1.82) is 0 Å². The Morgan fingerprint density at radius 3 is 2.20 bits per heavy atom. The third kappa shape index (κ3) is 5.63. The fourth-order valence-electron chi connectivity index (χ4n) is 2.01. The van der Waals surface area contributed by atoms with Crippen LogP contribution in [0.1, 0.15) is 10.4 Å². The SMILES string of the molecule is CN(C)CCNS(=O)(=O)c1ccc(C(=O)Nc2ccc(F)cc2)cc1. The lowest BCUT2D eigenvalue weighted by molar-refractivity contribution is 0.102. The van der Waals surface area contributed by atoms with Gasteiger partial charge in [-0.15, -0.1) is 0 Å². The van der Waals surface area contributed by atoms with Crippen molar-refractivity contribution in [3.8, 4) is 0 Å². The number of carbonyl (C=O) groups is 1. The summed E-state index contributed by atoms with van der Waals surface area (Å²) in [6.45, 7) is 0.875. The van der Waals surface area contributed by atoms with Gasteiger partial charge in [0.25, 0.3) is 5.91 Å². The van der Waals surface area contributed by atoms with Gasteiger partial charge < -0.3 is 10.2 Å². The molecule has 0 heterocycles. The van der Waals surface area contributed by atoms with Gasteiger partial charge in [-0.05, 0) is 62.6 Å². The van der Waals surface area contributed by atoms with Gasteiger partial charge in [-0.1, -0.05) is 0 Å². The summed E-state index contributed by atoms with van der Waals surface area (Å²) in [5.74, 6) is -0.801. The topological polar surface area (TPSA) is 78.5 Å². The maximum Gasteiger partial charge on any atom is 0.255 e. The number of nitrogens with zero attached hydrogens (tertiary/aromatic N) is 1. The molecule has 134 valence electrons. The fourth-order valence-corrected chi connectivity index (χ4v) is 3.03. The molecule has 0 atom stereocenters. The molecule has 0 unspecified atom stereocenters. The minimum Gasteiger partial charge on any atom is -0.322 e. The molecule has 0 radical (unpaired) electrons. The van der Waals surface area contributed by atoms with Gasteiger partial charge in [0.05, 0.1) is 4.90 Å². The van der Waals surface area contributed by atoms with Crippen LogP contribution in [0.15, 0.2) is 53.4 Å². The molecule has 0 fully saturated rings. The molecule has 0 aliphatic rings. The molecule has 1 amide bonds. The van der Waals surface area contributed by atoms with Crippen LogP contribution < -0.4 is 10.0 Å². The van der Waals surface area contributed by atoms with E-state index in [1.54, 1.807) is 0 Å². The third-order valence-corrected chi connectivity index (χ3v) is 4.86. The molecule has 8 heteroatoms. The molecule has 0 aromatic heterocycles. The van der Waals surface area contributed by atoms with Crippen LogP contribution in [0.2, 0.25) is 0 Å². The lowest BCUT2D eigenvalue weighted by Crippen LogP contribution is -2.31. The molecule has 0 aliphatic carbocycles. The standard InChI is InChI=1S/C17H20FN3O3S/c1-21(2)12-11-19-25(23,24)16-9-3-13(4-10-16)17(22)20-15-7-5-14(18)6-8-15/h3-10,19H,11-12H2,1-2H3,(H,20,22). The molecule has 25 heavy (non-hydrogen) atoms. The smallest absolute Gasteiger partial charge is 0.255 e. The van der Waals surface area contributed by atoms with Crippen LogP contribution in [0, 0.1) is 5.82 Å². The number of amides is 1. The van der Waals surface area contributed by atoms with E-state index in [9.17, 15) is 17.6 Å². The Balaban J connectivity index is 2.03. The van der Waals surface area contributed by atoms with Gasteiger partial charge in [0, 0.05) is 24.3 Å². The van der Waals surface area contributed by atoms with Gasteiger partial charge in [-0.2, -0.15) is 0 Å². The highest BCUT2D eigenvalue weighted by atomic mass is 32.2. The summed E-state index contributed by atoms with van der Waals surface area (Å²) in [5, 5.41) is 2.61. The van der Waals surface area contributed by atoms with Gasteiger partial charge in [0.1, 0.15) is 5.82 Å². The second-order valence-electron chi connectivity index (χ2n) is 5.69. The summed E-state index contributed by atoms with van der Waals surface area (Å²) in [4.78, 5) is 14.1. The van der Waals surface area contributed by atoms with E-state index in [0.717, 1.165) is 0 Å². The van der Waals surface area contributed by atoms with Gasteiger partial charge in [0.2, 0.25) is 10.0 Å². The minimum absolute atomic E-state index is 0.0876. The minimum atomic E-state index is -3.61. The van der Waals surface area contributed by atoms with Crippen molar-refractivity contribution in [2.24, 2.45) is 0 Å². The first-order valence-electron chi connectivity index (χ1n) is 7.59. The molecule has 6 nitrogen and oxygen atoms in total. The highest BCUT2D eigenvalue weighted by Gasteiger charge is 2.14.